The number of rotatable bonds is 7. The lowest BCUT2D eigenvalue weighted by Crippen LogP contribution is -2.28. The lowest BCUT2D eigenvalue weighted by molar-refractivity contribution is -0.116. The van der Waals surface area contributed by atoms with Crippen molar-refractivity contribution in [2.24, 2.45) is 0 Å². The van der Waals surface area contributed by atoms with Gasteiger partial charge in [0.1, 0.15) is 4.21 Å². The molecule has 0 unspecified atom stereocenters. The molecular weight excluding hydrogens is 344 g/mol. The Labute approximate surface area is 147 Å². The molecule has 5 nitrogen and oxygen atoms in total. The molecule has 1 aromatic carbocycles. The molecule has 0 aliphatic rings. The second kappa shape index (κ2) is 7.92. The molecule has 0 spiro atoms. The fraction of sp³-hybridized carbons (Fsp3) is 0.353. The Morgan fingerprint density at radius 2 is 1.96 bits per heavy atom. The normalized spacial score (nSPS) is 11.7. The van der Waals surface area contributed by atoms with E-state index in [4.69, 9.17) is 0 Å². The van der Waals surface area contributed by atoms with Gasteiger partial charge in [-0.25, -0.2) is 12.7 Å². The quantitative estimate of drug-likeness (QED) is 0.817. The zero-order chi connectivity index (χ0) is 17.7. The van der Waals surface area contributed by atoms with E-state index in [1.54, 1.807) is 17.5 Å². The SMILES string of the molecule is Cc1ccc(NC(=O)CCCN(C)S(=O)(=O)c2cccs2)cc1C. The van der Waals surface area contributed by atoms with Crippen molar-refractivity contribution in [3.8, 4) is 0 Å². The number of hydrogen-bond donors (Lipinski definition) is 1. The Balaban J connectivity index is 1.83. The van der Waals surface area contributed by atoms with Gasteiger partial charge in [0, 0.05) is 25.7 Å². The van der Waals surface area contributed by atoms with Crippen LogP contribution in [0, 0.1) is 13.8 Å². The molecule has 2 rings (SSSR count). The molecule has 1 N–H and O–H groups in total. The zero-order valence-corrected chi connectivity index (χ0v) is 15.7. The number of sulfonamides is 1. The maximum atomic E-state index is 12.3. The molecule has 0 atom stereocenters. The van der Waals surface area contributed by atoms with Crippen molar-refractivity contribution in [3.63, 3.8) is 0 Å². The van der Waals surface area contributed by atoms with Crippen LogP contribution in [-0.4, -0.2) is 32.2 Å². The standard InChI is InChI=1S/C17H22N2O3S2/c1-13-8-9-15(12-14(13)2)18-16(20)6-4-10-19(3)24(21,22)17-7-5-11-23-17/h5,7-9,11-12H,4,6,10H2,1-3H3,(H,18,20). The van der Waals surface area contributed by atoms with E-state index in [1.165, 1.54) is 28.3 Å². The van der Waals surface area contributed by atoms with E-state index in [9.17, 15) is 13.2 Å². The van der Waals surface area contributed by atoms with Crippen molar-refractivity contribution in [1.29, 1.82) is 0 Å². The molecule has 0 bridgehead atoms. The third-order valence-electron chi connectivity index (χ3n) is 3.83. The number of thiophene rings is 1. The number of aryl methyl sites for hydroxylation is 2. The van der Waals surface area contributed by atoms with Gasteiger partial charge in [-0.05, 0) is 55.0 Å². The van der Waals surface area contributed by atoms with Crippen LogP contribution in [0.5, 0.6) is 0 Å². The number of hydrogen-bond acceptors (Lipinski definition) is 4. The van der Waals surface area contributed by atoms with Crippen LogP contribution in [0.1, 0.15) is 24.0 Å². The predicted molar refractivity (Wildman–Crippen MR) is 97.9 cm³/mol. The van der Waals surface area contributed by atoms with E-state index in [-0.39, 0.29) is 12.3 Å². The Morgan fingerprint density at radius 3 is 2.58 bits per heavy atom. The van der Waals surface area contributed by atoms with Crippen LogP contribution in [-0.2, 0) is 14.8 Å². The van der Waals surface area contributed by atoms with Gasteiger partial charge in [0.15, 0.2) is 0 Å². The fourth-order valence-corrected chi connectivity index (χ4v) is 4.60. The molecule has 2 aromatic rings. The van der Waals surface area contributed by atoms with Gasteiger partial charge in [-0.3, -0.25) is 4.79 Å². The molecule has 0 aliphatic heterocycles. The average Bonchev–Trinajstić information content (AvgIpc) is 3.06. The maximum absolute atomic E-state index is 12.3. The number of nitrogens with one attached hydrogen (secondary N) is 1. The minimum atomic E-state index is -3.44. The summed E-state index contributed by atoms with van der Waals surface area (Å²) in [6, 6.07) is 9.06. The summed E-state index contributed by atoms with van der Waals surface area (Å²) in [6.07, 6.45) is 0.745. The smallest absolute Gasteiger partial charge is 0.252 e. The Kier molecular flexibility index (Phi) is 6.15. The summed E-state index contributed by atoms with van der Waals surface area (Å²) in [5.74, 6) is -0.111. The number of benzene rings is 1. The van der Waals surface area contributed by atoms with Crippen LogP contribution in [0.15, 0.2) is 39.9 Å². The van der Waals surface area contributed by atoms with E-state index in [0.717, 1.165) is 11.3 Å². The minimum absolute atomic E-state index is 0.111. The summed E-state index contributed by atoms with van der Waals surface area (Å²) in [5.41, 5.74) is 3.06. The molecule has 1 aromatic heterocycles. The Morgan fingerprint density at radius 1 is 1.21 bits per heavy atom. The summed E-state index contributed by atoms with van der Waals surface area (Å²) in [7, 11) is -1.90. The van der Waals surface area contributed by atoms with Crippen LogP contribution < -0.4 is 5.32 Å². The molecule has 1 heterocycles. The van der Waals surface area contributed by atoms with Crippen molar-refractivity contribution in [2.75, 3.05) is 18.9 Å². The van der Waals surface area contributed by atoms with E-state index in [1.807, 2.05) is 32.0 Å². The summed E-state index contributed by atoms with van der Waals surface area (Å²) < 4.78 is 26.1. The first-order valence-corrected chi connectivity index (χ1v) is 9.99. The third-order valence-corrected chi connectivity index (χ3v) is 7.06. The fourth-order valence-electron chi connectivity index (χ4n) is 2.19. The lowest BCUT2D eigenvalue weighted by Gasteiger charge is -2.15. The molecule has 7 heteroatoms. The van der Waals surface area contributed by atoms with Crippen molar-refractivity contribution >= 4 is 33.0 Å². The summed E-state index contributed by atoms with van der Waals surface area (Å²) in [4.78, 5) is 12.0. The van der Waals surface area contributed by atoms with Gasteiger partial charge in [-0.1, -0.05) is 12.1 Å². The predicted octanol–water partition coefficient (Wildman–Crippen LogP) is 3.40. The first kappa shape index (κ1) is 18.6. The average molecular weight is 367 g/mol. The monoisotopic (exact) mass is 366 g/mol. The lowest BCUT2D eigenvalue weighted by atomic mass is 10.1. The number of nitrogens with zero attached hydrogens (tertiary/aromatic N) is 1. The molecule has 0 saturated carbocycles. The number of anilines is 1. The largest absolute Gasteiger partial charge is 0.326 e. The molecule has 130 valence electrons. The number of carbonyl (C=O) groups excluding carboxylic acids is 1. The van der Waals surface area contributed by atoms with Crippen LogP contribution >= 0.6 is 11.3 Å². The highest BCUT2D eigenvalue weighted by Gasteiger charge is 2.21. The summed E-state index contributed by atoms with van der Waals surface area (Å²) in [6.45, 7) is 4.32. The zero-order valence-electron chi connectivity index (χ0n) is 14.1. The van der Waals surface area contributed by atoms with Gasteiger partial charge in [0.05, 0.1) is 0 Å². The van der Waals surface area contributed by atoms with E-state index < -0.39 is 10.0 Å². The first-order valence-electron chi connectivity index (χ1n) is 7.67. The van der Waals surface area contributed by atoms with Crippen molar-refractivity contribution < 1.29 is 13.2 Å². The van der Waals surface area contributed by atoms with Crippen LogP contribution in [0.25, 0.3) is 0 Å². The highest BCUT2D eigenvalue weighted by atomic mass is 32.2. The Bertz CT molecular complexity index is 799. The third kappa shape index (κ3) is 4.66. The van der Waals surface area contributed by atoms with Gasteiger partial charge in [0.25, 0.3) is 10.0 Å². The number of carbonyl (C=O) groups is 1. The molecule has 0 fully saturated rings. The van der Waals surface area contributed by atoms with Crippen LogP contribution in [0.2, 0.25) is 0 Å². The van der Waals surface area contributed by atoms with Gasteiger partial charge in [-0.15, -0.1) is 11.3 Å². The van der Waals surface area contributed by atoms with Gasteiger partial charge in [0.2, 0.25) is 5.91 Å². The topological polar surface area (TPSA) is 66.5 Å². The van der Waals surface area contributed by atoms with Gasteiger partial charge in [-0.2, -0.15) is 0 Å². The van der Waals surface area contributed by atoms with Crippen LogP contribution in [0.3, 0.4) is 0 Å². The minimum Gasteiger partial charge on any atom is -0.326 e. The van der Waals surface area contributed by atoms with Gasteiger partial charge < -0.3 is 5.32 Å². The second-order valence-corrected chi connectivity index (χ2v) is 8.93. The molecule has 0 aliphatic carbocycles. The molecule has 1 amide bonds. The van der Waals surface area contributed by atoms with Gasteiger partial charge >= 0.3 is 0 Å². The molecule has 0 radical (unpaired) electrons. The van der Waals surface area contributed by atoms with Crippen LogP contribution in [0.4, 0.5) is 5.69 Å². The van der Waals surface area contributed by atoms with Crippen molar-refractivity contribution in [1.82, 2.24) is 4.31 Å². The highest BCUT2D eigenvalue weighted by Crippen LogP contribution is 2.20. The van der Waals surface area contributed by atoms with Crippen molar-refractivity contribution in [3.05, 3.63) is 46.8 Å². The highest BCUT2D eigenvalue weighted by molar-refractivity contribution is 7.91. The molecule has 24 heavy (non-hydrogen) atoms. The Hall–Kier alpha value is -1.70. The summed E-state index contributed by atoms with van der Waals surface area (Å²) >= 11 is 1.19. The molecular formula is C17H22N2O3S2. The van der Waals surface area contributed by atoms with E-state index >= 15 is 0 Å². The van der Waals surface area contributed by atoms with Crippen molar-refractivity contribution in [2.45, 2.75) is 30.9 Å². The molecule has 0 saturated heterocycles. The van der Waals surface area contributed by atoms with E-state index in [0.29, 0.717) is 17.2 Å². The number of amides is 1. The summed E-state index contributed by atoms with van der Waals surface area (Å²) in [5, 5.41) is 4.58. The second-order valence-electron chi connectivity index (χ2n) is 5.71. The first-order chi connectivity index (χ1) is 11.3. The van der Waals surface area contributed by atoms with E-state index in [2.05, 4.69) is 5.32 Å². The maximum Gasteiger partial charge on any atom is 0.252 e.